The Bertz CT molecular complexity index is 495. The molecule has 0 bridgehead atoms. The van der Waals surface area contributed by atoms with Crippen LogP contribution in [0.2, 0.25) is 0 Å². The van der Waals surface area contributed by atoms with Crippen molar-refractivity contribution in [1.82, 2.24) is 4.98 Å². The highest BCUT2D eigenvalue weighted by molar-refractivity contribution is 5.58. The summed E-state index contributed by atoms with van der Waals surface area (Å²) >= 11 is 0. The molecule has 2 aromatic rings. The Balaban J connectivity index is 1.95. The van der Waals surface area contributed by atoms with Crippen molar-refractivity contribution < 1.29 is 0 Å². The number of hydrogen-bond acceptors (Lipinski definition) is 2. The fourth-order valence-electron chi connectivity index (χ4n) is 2.33. The van der Waals surface area contributed by atoms with Gasteiger partial charge in [-0.15, -0.1) is 0 Å². The summed E-state index contributed by atoms with van der Waals surface area (Å²) in [5, 5.41) is 3.55. The summed E-state index contributed by atoms with van der Waals surface area (Å²) in [5.74, 6) is 0. The fraction of sp³-hybridized carbons (Fsp3) is 0.214. The summed E-state index contributed by atoms with van der Waals surface area (Å²) in [5.41, 5.74) is 5.27. The summed E-state index contributed by atoms with van der Waals surface area (Å²) in [6.45, 7) is 2.14. The number of para-hydroxylation sites is 1. The monoisotopic (exact) mass is 210 g/mol. The van der Waals surface area contributed by atoms with Crippen LogP contribution in [0.15, 0.2) is 42.7 Å². The van der Waals surface area contributed by atoms with Gasteiger partial charge in [0.1, 0.15) is 0 Å². The van der Waals surface area contributed by atoms with Crippen LogP contribution in [0.1, 0.15) is 22.7 Å². The first-order chi connectivity index (χ1) is 7.84. The minimum atomic E-state index is 0.381. The molecular weight excluding hydrogens is 196 g/mol. The van der Waals surface area contributed by atoms with Gasteiger partial charge in [0, 0.05) is 18.1 Å². The zero-order valence-electron chi connectivity index (χ0n) is 9.27. The topological polar surface area (TPSA) is 24.9 Å². The number of fused-ring (bicyclic) bond motifs is 1. The second-order valence-electron chi connectivity index (χ2n) is 4.29. The van der Waals surface area contributed by atoms with Gasteiger partial charge in [0.05, 0.1) is 6.04 Å². The molecule has 0 fully saturated rings. The number of pyridine rings is 1. The van der Waals surface area contributed by atoms with Crippen LogP contribution in [0.25, 0.3) is 0 Å². The molecule has 1 aliphatic heterocycles. The predicted molar refractivity (Wildman–Crippen MR) is 65.5 cm³/mol. The Hall–Kier alpha value is -1.83. The first-order valence-corrected chi connectivity index (χ1v) is 5.59. The Morgan fingerprint density at radius 3 is 2.94 bits per heavy atom. The van der Waals surface area contributed by atoms with Crippen molar-refractivity contribution in [2.24, 2.45) is 0 Å². The third kappa shape index (κ3) is 1.47. The van der Waals surface area contributed by atoms with Gasteiger partial charge in [-0.25, -0.2) is 0 Å². The van der Waals surface area contributed by atoms with Gasteiger partial charge in [0.15, 0.2) is 0 Å². The summed E-state index contributed by atoms with van der Waals surface area (Å²) in [7, 11) is 0. The molecule has 1 N–H and O–H groups in total. The highest BCUT2D eigenvalue weighted by Gasteiger charge is 2.22. The first-order valence-electron chi connectivity index (χ1n) is 5.59. The molecule has 0 saturated heterocycles. The van der Waals surface area contributed by atoms with Crippen LogP contribution in [0.5, 0.6) is 0 Å². The van der Waals surface area contributed by atoms with E-state index >= 15 is 0 Å². The predicted octanol–water partition coefficient (Wildman–Crippen LogP) is 3.10. The maximum atomic E-state index is 4.21. The van der Waals surface area contributed by atoms with Crippen molar-refractivity contribution >= 4 is 5.69 Å². The van der Waals surface area contributed by atoms with Crippen LogP contribution < -0.4 is 5.32 Å². The molecule has 2 heterocycles. The summed E-state index contributed by atoms with van der Waals surface area (Å²) in [4.78, 5) is 4.21. The van der Waals surface area contributed by atoms with Crippen LogP contribution in [0.3, 0.4) is 0 Å². The zero-order chi connectivity index (χ0) is 11.0. The van der Waals surface area contributed by atoms with Gasteiger partial charge in [0.2, 0.25) is 0 Å². The molecule has 0 radical (unpaired) electrons. The molecule has 0 aliphatic carbocycles. The van der Waals surface area contributed by atoms with Crippen molar-refractivity contribution in [3.8, 4) is 0 Å². The van der Waals surface area contributed by atoms with Crippen molar-refractivity contribution in [2.75, 3.05) is 5.32 Å². The second-order valence-corrected chi connectivity index (χ2v) is 4.29. The molecule has 2 nitrogen and oxygen atoms in total. The summed E-state index contributed by atoms with van der Waals surface area (Å²) in [6.07, 6.45) is 4.88. The van der Waals surface area contributed by atoms with Gasteiger partial charge in [-0.1, -0.05) is 18.2 Å². The summed E-state index contributed by atoms with van der Waals surface area (Å²) in [6, 6.07) is 10.9. The van der Waals surface area contributed by atoms with Crippen LogP contribution in [0.4, 0.5) is 5.69 Å². The molecule has 1 aliphatic rings. The van der Waals surface area contributed by atoms with E-state index in [0.29, 0.717) is 6.04 Å². The van der Waals surface area contributed by atoms with Crippen LogP contribution in [-0.2, 0) is 6.42 Å². The highest BCUT2D eigenvalue weighted by atomic mass is 15.0. The van der Waals surface area contributed by atoms with Gasteiger partial charge in [-0.2, -0.15) is 0 Å². The van der Waals surface area contributed by atoms with Gasteiger partial charge in [0.25, 0.3) is 0 Å². The standard InChI is InChI=1S/C14H14N2/c1-10-6-7-15-9-12(10)14-8-11-4-2-3-5-13(11)16-14/h2-7,9,14,16H,8H2,1H3. The maximum Gasteiger partial charge on any atom is 0.0572 e. The van der Waals surface area contributed by atoms with E-state index in [1.165, 1.54) is 22.4 Å². The van der Waals surface area contributed by atoms with E-state index in [-0.39, 0.29) is 0 Å². The van der Waals surface area contributed by atoms with Crippen molar-refractivity contribution in [2.45, 2.75) is 19.4 Å². The second kappa shape index (κ2) is 3.63. The average molecular weight is 210 g/mol. The lowest BCUT2D eigenvalue weighted by atomic mass is 10.0. The Morgan fingerprint density at radius 1 is 1.25 bits per heavy atom. The molecule has 1 aromatic carbocycles. The molecule has 2 heteroatoms. The molecular formula is C14H14N2. The van der Waals surface area contributed by atoms with Crippen LogP contribution in [-0.4, -0.2) is 4.98 Å². The Labute approximate surface area is 95.3 Å². The minimum absolute atomic E-state index is 0.381. The number of hydrogen-bond donors (Lipinski definition) is 1. The number of nitrogens with one attached hydrogen (secondary N) is 1. The number of aryl methyl sites for hydroxylation is 1. The molecule has 16 heavy (non-hydrogen) atoms. The van der Waals surface area contributed by atoms with Gasteiger partial charge in [-0.05, 0) is 42.2 Å². The van der Waals surface area contributed by atoms with Crippen molar-refractivity contribution in [1.29, 1.82) is 0 Å². The lowest BCUT2D eigenvalue weighted by molar-refractivity contribution is 0.809. The smallest absolute Gasteiger partial charge is 0.0572 e. The van der Waals surface area contributed by atoms with E-state index in [1.807, 2.05) is 12.4 Å². The summed E-state index contributed by atoms with van der Waals surface area (Å²) < 4.78 is 0. The molecule has 1 atom stereocenters. The van der Waals surface area contributed by atoms with E-state index in [0.717, 1.165) is 6.42 Å². The fourth-order valence-corrected chi connectivity index (χ4v) is 2.33. The molecule has 1 unspecified atom stereocenters. The molecule has 80 valence electrons. The SMILES string of the molecule is Cc1ccncc1C1Cc2ccccc2N1. The van der Waals surface area contributed by atoms with Crippen LogP contribution in [0, 0.1) is 6.92 Å². The molecule has 1 aromatic heterocycles. The van der Waals surface area contributed by atoms with E-state index in [1.54, 1.807) is 0 Å². The van der Waals surface area contributed by atoms with E-state index < -0.39 is 0 Å². The van der Waals surface area contributed by atoms with Crippen molar-refractivity contribution in [3.63, 3.8) is 0 Å². The third-order valence-electron chi connectivity index (χ3n) is 3.23. The zero-order valence-corrected chi connectivity index (χ0v) is 9.27. The van der Waals surface area contributed by atoms with Crippen LogP contribution >= 0.6 is 0 Å². The minimum Gasteiger partial charge on any atom is -0.378 e. The lowest BCUT2D eigenvalue weighted by Gasteiger charge is -2.13. The quantitative estimate of drug-likeness (QED) is 0.782. The van der Waals surface area contributed by atoms with E-state index in [2.05, 4.69) is 47.6 Å². The van der Waals surface area contributed by atoms with E-state index in [4.69, 9.17) is 0 Å². The van der Waals surface area contributed by atoms with E-state index in [9.17, 15) is 0 Å². The number of nitrogens with zero attached hydrogens (tertiary/aromatic N) is 1. The lowest BCUT2D eigenvalue weighted by Crippen LogP contribution is -2.07. The first kappa shape index (κ1) is 9.40. The number of benzene rings is 1. The molecule has 0 amide bonds. The highest BCUT2D eigenvalue weighted by Crippen LogP contribution is 2.34. The molecule has 0 saturated carbocycles. The normalized spacial score (nSPS) is 17.9. The Morgan fingerprint density at radius 2 is 2.12 bits per heavy atom. The molecule has 3 rings (SSSR count). The van der Waals surface area contributed by atoms with Gasteiger partial charge in [-0.3, -0.25) is 4.98 Å². The largest absolute Gasteiger partial charge is 0.378 e. The van der Waals surface area contributed by atoms with Gasteiger partial charge >= 0.3 is 0 Å². The Kier molecular flexibility index (Phi) is 2.13. The van der Waals surface area contributed by atoms with Gasteiger partial charge < -0.3 is 5.32 Å². The number of anilines is 1. The number of rotatable bonds is 1. The van der Waals surface area contributed by atoms with Crippen molar-refractivity contribution in [3.05, 3.63) is 59.4 Å². The number of aromatic nitrogens is 1. The molecule has 0 spiro atoms. The average Bonchev–Trinajstić information content (AvgIpc) is 2.73. The third-order valence-corrected chi connectivity index (χ3v) is 3.23. The maximum absolute atomic E-state index is 4.21.